The summed E-state index contributed by atoms with van der Waals surface area (Å²) in [5.41, 5.74) is 0.841. The molecule has 1 N–H and O–H groups in total. The van der Waals surface area contributed by atoms with Gasteiger partial charge in [0.05, 0.1) is 96.0 Å². The highest BCUT2D eigenvalue weighted by Crippen LogP contribution is 2.31. The largest absolute Gasteiger partial charge is 0.459 e. The van der Waals surface area contributed by atoms with Gasteiger partial charge in [-0.15, -0.1) is 0 Å². The van der Waals surface area contributed by atoms with Crippen LogP contribution in [-0.4, -0.2) is 147 Å². The van der Waals surface area contributed by atoms with Gasteiger partial charge in [-0.25, -0.2) is 14.4 Å². The van der Waals surface area contributed by atoms with Crippen molar-refractivity contribution in [1.82, 2.24) is 0 Å². The number of rotatable bonds is 26. The molecule has 1 aliphatic heterocycles. The summed E-state index contributed by atoms with van der Waals surface area (Å²) in [5.74, 6) is -2.01. The van der Waals surface area contributed by atoms with Gasteiger partial charge in [0, 0.05) is 7.11 Å². The lowest BCUT2D eigenvalue weighted by atomic mass is 9.98. The summed E-state index contributed by atoms with van der Waals surface area (Å²) in [6.45, 7) is 3.05. The molecule has 0 radical (unpaired) electrons. The molecule has 1 fully saturated rings. The highest BCUT2D eigenvalue weighted by atomic mass is 16.7. The molecule has 15 heteroatoms. The Kier molecular flexibility index (Phi) is 20.3. The number of methoxy groups -OCH3 is 1. The first-order valence-electron chi connectivity index (χ1n) is 18.1. The molecule has 0 bridgehead atoms. The number of hydrogen-bond acceptors (Lipinski definition) is 15. The molecule has 0 unspecified atom stereocenters. The number of hydrogen-bond donors (Lipinski definition) is 1. The van der Waals surface area contributed by atoms with E-state index in [1.54, 1.807) is 91.0 Å². The fraction of sp³-hybridized carbons (Fsp3) is 0.475. The minimum atomic E-state index is -1.29. The van der Waals surface area contributed by atoms with E-state index in [2.05, 4.69) is 0 Å². The molecule has 4 rings (SSSR count). The van der Waals surface area contributed by atoms with Crippen LogP contribution >= 0.6 is 0 Å². The van der Waals surface area contributed by atoms with Gasteiger partial charge >= 0.3 is 17.9 Å². The summed E-state index contributed by atoms with van der Waals surface area (Å²) < 4.78 is 62.9. The van der Waals surface area contributed by atoms with Crippen LogP contribution in [0.1, 0.15) is 31.1 Å². The predicted molar refractivity (Wildman–Crippen MR) is 195 cm³/mol. The van der Waals surface area contributed by atoms with Crippen LogP contribution in [0.4, 0.5) is 0 Å². The molecular formula is C40H50O15. The number of aliphatic hydroxyl groups excluding tert-OH is 1. The van der Waals surface area contributed by atoms with E-state index < -0.39 is 48.6 Å². The average Bonchev–Trinajstić information content (AvgIpc) is 3.23. The first kappa shape index (κ1) is 43.4. The monoisotopic (exact) mass is 770 g/mol. The van der Waals surface area contributed by atoms with Gasteiger partial charge in [-0.2, -0.15) is 0 Å². The topological polar surface area (TPSA) is 173 Å². The maximum Gasteiger partial charge on any atom is 0.338 e. The molecule has 0 saturated carbocycles. The second-order valence-corrected chi connectivity index (χ2v) is 11.8. The lowest BCUT2D eigenvalue weighted by Gasteiger charge is -2.44. The number of carbonyl (C=O) groups is 3. The van der Waals surface area contributed by atoms with Crippen LogP contribution in [0, 0.1) is 0 Å². The summed E-state index contributed by atoms with van der Waals surface area (Å²) >= 11 is 0. The Morgan fingerprint density at radius 2 is 0.927 bits per heavy atom. The Bertz CT molecular complexity index is 1490. The average molecular weight is 771 g/mol. The third-order valence-electron chi connectivity index (χ3n) is 7.98. The van der Waals surface area contributed by atoms with Gasteiger partial charge in [-0.3, -0.25) is 0 Å². The van der Waals surface area contributed by atoms with Gasteiger partial charge in [0.1, 0.15) is 18.8 Å². The van der Waals surface area contributed by atoms with E-state index in [-0.39, 0.29) is 50.8 Å². The Morgan fingerprint density at radius 1 is 0.527 bits per heavy atom. The SMILES string of the molecule is CO[C@H]1O[C@H](COC(=O)c2ccccc2)[C@@H](OCCOCCOCCOCCOCCOCCO)[C@H](OC(=O)c2ccccc2)[C@H]1OC(=O)c1ccccc1. The lowest BCUT2D eigenvalue weighted by molar-refractivity contribution is -0.300. The second kappa shape index (κ2) is 25.7. The van der Waals surface area contributed by atoms with Crippen LogP contribution in [0.25, 0.3) is 0 Å². The Hall–Kier alpha value is -4.29. The molecule has 1 heterocycles. The minimum Gasteiger partial charge on any atom is -0.459 e. The zero-order chi connectivity index (χ0) is 38.9. The van der Waals surface area contributed by atoms with Crippen LogP contribution in [0.5, 0.6) is 0 Å². The van der Waals surface area contributed by atoms with Crippen molar-refractivity contribution in [3.8, 4) is 0 Å². The Labute approximate surface area is 320 Å². The van der Waals surface area contributed by atoms with E-state index in [0.29, 0.717) is 51.8 Å². The molecule has 3 aromatic rings. The molecule has 15 nitrogen and oxygen atoms in total. The predicted octanol–water partition coefficient (Wildman–Crippen LogP) is 3.13. The third kappa shape index (κ3) is 15.4. The van der Waals surface area contributed by atoms with Gasteiger partial charge in [0.25, 0.3) is 0 Å². The normalized spacial score (nSPS) is 19.4. The molecule has 5 atom stereocenters. The molecule has 0 aromatic heterocycles. The van der Waals surface area contributed by atoms with Gasteiger partial charge in [-0.1, -0.05) is 54.6 Å². The fourth-order valence-electron chi connectivity index (χ4n) is 5.30. The van der Waals surface area contributed by atoms with Crippen LogP contribution in [0.2, 0.25) is 0 Å². The minimum absolute atomic E-state index is 0.00168. The van der Waals surface area contributed by atoms with Crippen molar-refractivity contribution in [2.24, 2.45) is 0 Å². The number of ether oxygens (including phenoxy) is 11. The molecule has 1 saturated heterocycles. The third-order valence-corrected chi connectivity index (χ3v) is 7.98. The summed E-state index contributed by atoms with van der Waals surface area (Å²) in [5, 5.41) is 8.68. The number of esters is 3. The zero-order valence-corrected chi connectivity index (χ0v) is 30.9. The van der Waals surface area contributed by atoms with Gasteiger partial charge < -0.3 is 57.2 Å². The van der Waals surface area contributed by atoms with E-state index in [1.807, 2.05) is 0 Å². The van der Waals surface area contributed by atoms with Crippen LogP contribution in [0.15, 0.2) is 91.0 Å². The molecule has 1 aliphatic rings. The maximum absolute atomic E-state index is 13.5. The number of aliphatic hydroxyl groups is 1. The first-order valence-corrected chi connectivity index (χ1v) is 18.1. The van der Waals surface area contributed by atoms with Crippen LogP contribution in [-0.2, 0) is 52.1 Å². The zero-order valence-electron chi connectivity index (χ0n) is 30.9. The molecular weight excluding hydrogens is 720 g/mol. The van der Waals surface area contributed by atoms with E-state index in [4.69, 9.17) is 57.2 Å². The van der Waals surface area contributed by atoms with E-state index in [9.17, 15) is 14.4 Å². The summed E-state index contributed by atoms with van der Waals surface area (Å²) in [6.07, 6.45) is -5.92. The molecule has 3 aromatic carbocycles. The standard InChI is InChI=1S/C40H50O15/c1-45-40-36(55-39(44)32-15-9-4-10-16-32)35(54-38(43)31-13-7-3-8-14-31)34(33(53-40)29-52-37(42)30-11-5-2-6-12-30)51-28-27-50-26-25-49-24-23-48-22-21-47-20-19-46-18-17-41/h2-16,33-36,40-41H,17-29H2,1H3/t33-,34-,35+,36-,40+/m1/s1. The molecule has 300 valence electrons. The Balaban J connectivity index is 1.36. The van der Waals surface area contributed by atoms with Gasteiger partial charge in [0.2, 0.25) is 0 Å². The van der Waals surface area contributed by atoms with E-state index >= 15 is 0 Å². The molecule has 55 heavy (non-hydrogen) atoms. The molecule has 0 spiro atoms. The van der Waals surface area contributed by atoms with Crippen molar-refractivity contribution in [2.45, 2.75) is 30.7 Å². The summed E-state index contributed by atoms with van der Waals surface area (Å²) in [6, 6.07) is 25.1. The van der Waals surface area contributed by atoms with Crippen molar-refractivity contribution in [1.29, 1.82) is 0 Å². The van der Waals surface area contributed by atoms with Crippen molar-refractivity contribution in [3.63, 3.8) is 0 Å². The lowest BCUT2D eigenvalue weighted by Crippen LogP contribution is -2.62. The smallest absolute Gasteiger partial charge is 0.338 e. The molecule has 0 amide bonds. The van der Waals surface area contributed by atoms with Crippen LogP contribution in [0.3, 0.4) is 0 Å². The quantitative estimate of drug-likeness (QED) is 0.0717. The summed E-state index contributed by atoms with van der Waals surface area (Å²) in [4.78, 5) is 39.7. The van der Waals surface area contributed by atoms with Crippen molar-refractivity contribution >= 4 is 17.9 Å². The number of carbonyl (C=O) groups excluding carboxylic acids is 3. The van der Waals surface area contributed by atoms with E-state index in [1.165, 1.54) is 7.11 Å². The summed E-state index contributed by atoms with van der Waals surface area (Å²) in [7, 11) is 1.36. The highest BCUT2D eigenvalue weighted by molar-refractivity contribution is 5.90. The van der Waals surface area contributed by atoms with Crippen molar-refractivity contribution < 1.29 is 71.6 Å². The van der Waals surface area contributed by atoms with Crippen molar-refractivity contribution in [2.75, 3.05) is 93.0 Å². The maximum atomic E-state index is 13.5. The fourth-order valence-corrected chi connectivity index (χ4v) is 5.30. The number of benzene rings is 3. The van der Waals surface area contributed by atoms with Crippen LogP contribution < -0.4 is 0 Å². The van der Waals surface area contributed by atoms with Gasteiger partial charge in [0.15, 0.2) is 18.5 Å². The first-order chi connectivity index (χ1) is 27.0. The molecule has 0 aliphatic carbocycles. The Morgan fingerprint density at radius 3 is 1.36 bits per heavy atom. The highest BCUT2D eigenvalue weighted by Gasteiger charge is 2.52. The van der Waals surface area contributed by atoms with E-state index in [0.717, 1.165) is 0 Å². The van der Waals surface area contributed by atoms with Gasteiger partial charge in [-0.05, 0) is 36.4 Å². The van der Waals surface area contributed by atoms with Crippen molar-refractivity contribution in [3.05, 3.63) is 108 Å². The second-order valence-electron chi connectivity index (χ2n) is 11.8.